The molecule has 0 aliphatic carbocycles. The summed E-state index contributed by atoms with van der Waals surface area (Å²) in [5.41, 5.74) is -0.591. The molecule has 0 heterocycles. The number of carbonyl (C=O) groups is 1. The van der Waals surface area contributed by atoms with Crippen molar-refractivity contribution in [2.75, 3.05) is 22.4 Å². The van der Waals surface area contributed by atoms with Crippen LogP contribution in [0, 0.1) is 11.3 Å². The fourth-order valence-electron chi connectivity index (χ4n) is 2.21. The van der Waals surface area contributed by atoms with E-state index in [4.69, 9.17) is 5.26 Å². The highest BCUT2D eigenvalue weighted by molar-refractivity contribution is 7.92. The minimum absolute atomic E-state index is 0.108. The molecule has 1 amide bonds. The minimum Gasteiger partial charge on any atom is -0.325 e. The van der Waals surface area contributed by atoms with Gasteiger partial charge in [-0.2, -0.15) is 18.4 Å². The van der Waals surface area contributed by atoms with Crippen molar-refractivity contribution in [3.05, 3.63) is 59.7 Å². The summed E-state index contributed by atoms with van der Waals surface area (Å²) in [5, 5.41) is 11.0. The maximum absolute atomic E-state index is 12.7. The Kier molecular flexibility index (Phi) is 5.75. The maximum Gasteiger partial charge on any atom is 0.416 e. The van der Waals surface area contributed by atoms with Crippen LogP contribution in [-0.4, -0.2) is 27.1 Å². The summed E-state index contributed by atoms with van der Waals surface area (Å²) in [4.78, 5) is 12.2. The summed E-state index contributed by atoms with van der Waals surface area (Å²) in [6.45, 7) is -0.638. The van der Waals surface area contributed by atoms with Gasteiger partial charge in [0.25, 0.3) is 0 Å². The van der Waals surface area contributed by atoms with Gasteiger partial charge in [0.05, 0.1) is 29.1 Å². The minimum atomic E-state index is -4.57. The molecule has 0 atom stereocenters. The van der Waals surface area contributed by atoms with Gasteiger partial charge in [-0.15, -0.1) is 0 Å². The van der Waals surface area contributed by atoms with Crippen molar-refractivity contribution >= 4 is 27.3 Å². The fraction of sp³-hybridized carbons (Fsp3) is 0.176. The van der Waals surface area contributed by atoms with Crippen molar-refractivity contribution in [2.24, 2.45) is 0 Å². The third kappa shape index (κ3) is 5.46. The van der Waals surface area contributed by atoms with Crippen molar-refractivity contribution in [1.82, 2.24) is 0 Å². The van der Waals surface area contributed by atoms with E-state index in [1.54, 1.807) is 0 Å². The quantitative estimate of drug-likeness (QED) is 0.840. The lowest BCUT2D eigenvalue weighted by atomic mass is 10.2. The van der Waals surface area contributed by atoms with Gasteiger partial charge in [-0.3, -0.25) is 9.10 Å². The monoisotopic (exact) mass is 397 g/mol. The van der Waals surface area contributed by atoms with Crippen molar-refractivity contribution in [1.29, 1.82) is 5.26 Å². The van der Waals surface area contributed by atoms with Crippen molar-refractivity contribution in [3.8, 4) is 6.07 Å². The van der Waals surface area contributed by atoms with Crippen LogP contribution in [0.15, 0.2) is 48.5 Å². The molecule has 2 aromatic carbocycles. The van der Waals surface area contributed by atoms with Crippen molar-refractivity contribution in [3.63, 3.8) is 0 Å². The first kappa shape index (κ1) is 20.3. The van der Waals surface area contributed by atoms with Crippen LogP contribution in [0.25, 0.3) is 0 Å². The zero-order valence-corrected chi connectivity index (χ0v) is 14.8. The number of nitriles is 1. The highest BCUT2D eigenvalue weighted by atomic mass is 32.2. The summed E-state index contributed by atoms with van der Waals surface area (Å²) < 4.78 is 63.0. The standard InChI is InChI=1S/C17H14F3N3O3S/c1-27(25,26)23(15-7-5-12(10-21)6-8-15)11-16(24)22-14-4-2-3-13(9-14)17(18,19)20/h2-9H,11H2,1H3,(H,22,24). The predicted octanol–water partition coefficient (Wildman–Crippen LogP) is 2.98. The number of anilines is 2. The summed E-state index contributed by atoms with van der Waals surface area (Å²) in [6.07, 6.45) is -3.68. The molecular weight excluding hydrogens is 383 g/mol. The fourth-order valence-corrected chi connectivity index (χ4v) is 3.06. The second kappa shape index (κ2) is 7.67. The van der Waals surface area contributed by atoms with Crippen LogP contribution in [0.4, 0.5) is 24.5 Å². The van der Waals surface area contributed by atoms with E-state index < -0.39 is 34.2 Å². The lowest BCUT2D eigenvalue weighted by Gasteiger charge is -2.22. The SMILES string of the molecule is CS(=O)(=O)N(CC(=O)Nc1cccc(C(F)(F)F)c1)c1ccc(C#N)cc1. The molecule has 0 aliphatic heterocycles. The average molecular weight is 397 g/mol. The number of nitrogens with zero attached hydrogens (tertiary/aromatic N) is 2. The van der Waals surface area contributed by atoms with E-state index in [9.17, 15) is 26.4 Å². The molecule has 0 unspecified atom stereocenters. The Morgan fingerprint density at radius 3 is 2.33 bits per heavy atom. The van der Waals surface area contributed by atoms with E-state index >= 15 is 0 Å². The second-order valence-corrected chi connectivity index (χ2v) is 7.46. The van der Waals surface area contributed by atoms with Gasteiger partial charge in [0, 0.05) is 5.69 Å². The molecule has 27 heavy (non-hydrogen) atoms. The smallest absolute Gasteiger partial charge is 0.325 e. The van der Waals surface area contributed by atoms with Crippen molar-refractivity contribution < 1.29 is 26.4 Å². The molecular formula is C17H14F3N3O3S. The lowest BCUT2D eigenvalue weighted by Crippen LogP contribution is -2.37. The number of hydrogen-bond donors (Lipinski definition) is 1. The van der Waals surface area contributed by atoms with E-state index in [-0.39, 0.29) is 11.4 Å². The third-order valence-corrected chi connectivity index (χ3v) is 4.59. The Labute approximate surface area is 153 Å². The Morgan fingerprint density at radius 1 is 1.19 bits per heavy atom. The van der Waals surface area contributed by atoms with Gasteiger partial charge in [0.1, 0.15) is 6.54 Å². The second-order valence-electron chi connectivity index (χ2n) is 5.56. The van der Waals surface area contributed by atoms with E-state index in [1.165, 1.54) is 30.3 Å². The molecule has 0 aliphatic rings. The van der Waals surface area contributed by atoms with Crippen LogP contribution in [-0.2, 0) is 21.0 Å². The summed E-state index contributed by atoms with van der Waals surface area (Å²) in [7, 11) is -3.85. The molecule has 0 fully saturated rings. The Morgan fingerprint density at radius 2 is 1.81 bits per heavy atom. The van der Waals surface area contributed by atoms with E-state index in [0.29, 0.717) is 5.56 Å². The molecule has 1 N–H and O–H groups in total. The van der Waals surface area contributed by atoms with Crippen LogP contribution in [0.3, 0.4) is 0 Å². The first-order valence-electron chi connectivity index (χ1n) is 7.45. The largest absolute Gasteiger partial charge is 0.416 e. The average Bonchev–Trinajstić information content (AvgIpc) is 2.58. The number of carbonyl (C=O) groups excluding carboxylic acids is 1. The topological polar surface area (TPSA) is 90.3 Å². The Hall–Kier alpha value is -3.06. The van der Waals surface area contributed by atoms with Crippen LogP contribution >= 0.6 is 0 Å². The summed E-state index contributed by atoms with van der Waals surface area (Å²) >= 11 is 0. The van der Waals surface area contributed by atoms with Gasteiger partial charge < -0.3 is 5.32 Å². The normalized spacial score (nSPS) is 11.5. The zero-order chi connectivity index (χ0) is 20.2. The summed E-state index contributed by atoms with van der Waals surface area (Å²) in [5.74, 6) is -0.816. The predicted molar refractivity (Wildman–Crippen MR) is 93.4 cm³/mol. The molecule has 142 valence electrons. The van der Waals surface area contributed by atoms with Crippen LogP contribution in [0.5, 0.6) is 0 Å². The number of alkyl halides is 3. The first-order chi connectivity index (χ1) is 12.5. The highest BCUT2D eigenvalue weighted by Gasteiger charge is 2.30. The van der Waals surface area contributed by atoms with E-state index in [2.05, 4.69) is 5.32 Å². The molecule has 0 bridgehead atoms. The van der Waals surface area contributed by atoms with Gasteiger partial charge in [-0.25, -0.2) is 8.42 Å². The first-order valence-corrected chi connectivity index (χ1v) is 9.30. The molecule has 2 rings (SSSR count). The van der Waals surface area contributed by atoms with Gasteiger partial charge in [-0.1, -0.05) is 6.07 Å². The molecule has 10 heteroatoms. The number of hydrogen-bond acceptors (Lipinski definition) is 4. The molecule has 0 radical (unpaired) electrons. The summed E-state index contributed by atoms with van der Waals surface area (Å²) in [6, 6.07) is 11.4. The molecule has 2 aromatic rings. The Balaban J connectivity index is 2.21. The van der Waals surface area contributed by atoms with Gasteiger partial charge in [-0.05, 0) is 42.5 Å². The number of halogens is 3. The lowest BCUT2D eigenvalue weighted by molar-refractivity contribution is -0.137. The van der Waals surface area contributed by atoms with Crippen molar-refractivity contribution in [2.45, 2.75) is 6.18 Å². The van der Waals surface area contributed by atoms with E-state index in [1.807, 2.05) is 6.07 Å². The zero-order valence-electron chi connectivity index (χ0n) is 14.0. The van der Waals surface area contributed by atoms with E-state index in [0.717, 1.165) is 28.8 Å². The Bertz CT molecular complexity index is 981. The van der Waals surface area contributed by atoms with Gasteiger partial charge in [0.2, 0.25) is 15.9 Å². The molecule has 0 aromatic heterocycles. The molecule has 0 saturated carbocycles. The highest BCUT2D eigenvalue weighted by Crippen LogP contribution is 2.30. The van der Waals surface area contributed by atoms with Gasteiger partial charge in [0.15, 0.2) is 0 Å². The maximum atomic E-state index is 12.7. The number of benzene rings is 2. The molecule has 6 nitrogen and oxygen atoms in total. The number of amides is 1. The molecule has 0 spiro atoms. The van der Waals surface area contributed by atoms with Gasteiger partial charge >= 0.3 is 6.18 Å². The van der Waals surface area contributed by atoms with Crippen LogP contribution < -0.4 is 9.62 Å². The molecule has 0 saturated heterocycles. The number of rotatable bonds is 5. The number of sulfonamides is 1. The van der Waals surface area contributed by atoms with Crippen LogP contribution in [0.2, 0.25) is 0 Å². The number of nitrogens with one attached hydrogen (secondary N) is 1. The third-order valence-electron chi connectivity index (χ3n) is 3.45. The van der Waals surface area contributed by atoms with Crippen LogP contribution in [0.1, 0.15) is 11.1 Å².